The largest absolute Gasteiger partial charge is 0.504 e. The Hall–Kier alpha value is -1.71. The molecule has 0 heterocycles. The molecule has 0 atom stereocenters. The summed E-state index contributed by atoms with van der Waals surface area (Å²) in [6, 6.07) is 3.02. The fourth-order valence-electron chi connectivity index (χ4n) is 2.58. The highest BCUT2D eigenvalue weighted by Gasteiger charge is 2.16. The van der Waals surface area contributed by atoms with Gasteiger partial charge in [0.15, 0.2) is 11.5 Å². The van der Waals surface area contributed by atoms with E-state index in [0.717, 1.165) is 18.4 Å². The lowest BCUT2D eigenvalue weighted by Gasteiger charge is -2.13. The second-order valence-electron chi connectivity index (χ2n) is 5.38. The summed E-state index contributed by atoms with van der Waals surface area (Å²) in [6.07, 6.45) is 9.07. The fourth-order valence-corrected chi connectivity index (χ4v) is 2.58. The lowest BCUT2D eigenvalue weighted by atomic mass is 9.98. The van der Waals surface area contributed by atoms with Crippen LogP contribution in [0.25, 0.3) is 0 Å². The number of methoxy groups -OCH3 is 1. The number of benzene rings is 1. The molecule has 0 bridgehead atoms. The maximum absolute atomic E-state index is 11.5. The monoisotopic (exact) mass is 293 g/mol. The molecule has 0 aromatic heterocycles. The number of unbranched alkanes of at least 4 members (excludes halogenated alkanes) is 6. The van der Waals surface area contributed by atoms with Gasteiger partial charge in [-0.2, -0.15) is 0 Å². The minimum atomic E-state index is -0.480. The molecule has 0 saturated heterocycles. The van der Waals surface area contributed by atoms with Crippen LogP contribution in [0.3, 0.4) is 0 Å². The Morgan fingerprint density at radius 1 is 1.14 bits per heavy atom. The van der Waals surface area contributed by atoms with Gasteiger partial charge in [-0.3, -0.25) is 4.79 Å². The Morgan fingerprint density at radius 3 is 2.33 bits per heavy atom. The third kappa shape index (κ3) is 5.29. The number of nitrogens with two attached hydrogens (primary N) is 1. The first-order valence-electron chi connectivity index (χ1n) is 7.80. The van der Waals surface area contributed by atoms with Crippen molar-refractivity contribution in [3.05, 3.63) is 23.3 Å². The Bertz CT molecular complexity index is 458. The molecular formula is C17H27NO3. The number of ether oxygens (including phenoxy) is 1. The summed E-state index contributed by atoms with van der Waals surface area (Å²) in [5, 5.41) is 9.82. The number of rotatable bonds is 10. The summed E-state index contributed by atoms with van der Waals surface area (Å²) in [6.45, 7) is 2.21. The zero-order valence-electron chi connectivity index (χ0n) is 13.2. The van der Waals surface area contributed by atoms with E-state index < -0.39 is 5.91 Å². The standard InChI is InChI=1S/C17H27NO3/c1-3-4-5-6-7-8-9-10-13-14(17(18)20)11-12-15(19)16(13)21-2/h11-12,19H,3-10H2,1-2H3,(H2,18,20). The predicted octanol–water partition coefficient (Wildman–Crippen LogP) is 3.79. The first kappa shape index (κ1) is 17.3. The van der Waals surface area contributed by atoms with Crippen LogP contribution in [0.2, 0.25) is 0 Å². The molecule has 0 spiro atoms. The van der Waals surface area contributed by atoms with Crippen molar-refractivity contribution >= 4 is 5.91 Å². The molecule has 0 aliphatic rings. The van der Waals surface area contributed by atoms with E-state index >= 15 is 0 Å². The minimum Gasteiger partial charge on any atom is -0.504 e. The van der Waals surface area contributed by atoms with Crippen LogP contribution in [0.5, 0.6) is 11.5 Å². The van der Waals surface area contributed by atoms with E-state index in [4.69, 9.17) is 10.5 Å². The third-order valence-corrected chi connectivity index (χ3v) is 3.74. The summed E-state index contributed by atoms with van der Waals surface area (Å²) in [5.74, 6) is -0.0519. The van der Waals surface area contributed by atoms with Gasteiger partial charge >= 0.3 is 0 Å². The van der Waals surface area contributed by atoms with Gasteiger partial charge in [0.2, 0.25) is 5.91 Å². The number of phenolic OH excluding ortho intramolecular Hbond substituents is 1. The van der Waals surface area contributed by atoms with Gasteiger partial charge in [0.05, 0.1) is 7.11 Å². The van der Waals surface area contributed by atoms with Crippen molar-refractivity contribution in [1.29, 1.82) is 0 Å². The normalized spacial score (nSPS) is 10.6. The smallest absolute Gasteiger partial charge is 0.249 e. The Balaban J connectivity index is 2.60. The molecule has 3 N–H and O–H groups in total. The summed E-state index contributed by atoms with van der Waals surface area (Å²) in [4.78, 5) is 11.5. The number of carbonyl (C=O) groups excluding carboxylic acids is 1. The van der Waals surface area contributed by atoms with Crippen LogP contribution >= 0.6 is 0 Å². The molecule has 4 nitrogen and oxygen atoms in total. The lowest BCUT2D eigenvalue weighted by molar-refractivity contribution is 0.0999. The van der Waals surface area contributed by atoms with E-state index in [1.165, 1.54) is 45.3 Å². The summed E-state index contributed by atoms with van der Waals surface area (Å²) in [5.41, 5.74) is 6.56. The predicted molar refractivity (Wildman–Crippen MR) is 84.9 cm³/mol. The number of primary amides is 1. The highest BCUT2D eigenvalue weighted by molar-refractivity contribution is 5.95. The van der Waals surface area contributed by atoms with Crippen molar-refractivity contribution in [1.82, 2.24) is 0 Å². The average Bonchev–Trinajstić information content (AvgIpc) is 2.46. The highest BCUT2D eigenvalue weighted by Crippen LogP contribution is 2.33. The molecular weight excluding hydrogens is 266 g/mol. The Morgan fingerprint density at radius 2 is 1.76 bits per heavy atom. The van der Waals surface area contributed by atoms with Crippen molar-refractivity contribution in [3.8, 4) is 11.5 Å². The second kappa shape index (κ2) is 9.27. The quantitative estimate of drug-likeness (QED) is 0.645. The van der Waals surface area contributed by atoms with Gasteiger partial charge in [-0.05, 0) is 25.0 Å². The third-order valence-electron chi connectivity index (χ3n) is 3.74. The summed E-state index contributed by atoms with van der Waals surface area (Å²) >= 11 is 0. The van der Waals surface area contributed by atoms with Crippen LogP contribution in [0.1, 0.15) is 67.8 Å². The number of aromatic hydroxyl groups is 1. The van der Waals surface area contributed by atoms with Crippen molar-refractivity contribution < 1.29 is 14.6 Å². The lowest BCUT2D eigenvalue weighted by Crippen LogP contribution is -2.14. The first-order valence-corrected chi connectivity index (χ1v) is 7.80. The molecule has 0 aliphatic heterocycles. The average molecular weight is 293 g/mol. The van der Waals surface area contributed by atoms with Crippen molar-refractivity contribution in [2.45, 2.75) is 58.3 Å². The maximum atomic E-state index is 11.5. The van der Waals surface area contributed by atoms with E-state index in [-0.39, 0.29) is 5.75 Å². The van der Waals surface area contributed by atoms with Gasteiger partial charge in [0.25, 0.3) is 0 Å². The molecule has 0 fully saturated rings. The van der Waals surface area contributed by atoms with E-state index in [2.05, 4.69) is 6.92 Å². The van der Waals surface area contributed by atoms with Crippen LogP contribution in [0.4, 0.5) is 0 Å². The van der Waals surface area contributed by atoms with E-state index in [9.17, 15) is 9.90 Å². The number of phenols is 1. The number of hydrogen-bond donors (Lipinski definition) is 2. The Labute approximate surface area is 127 Å². The molecule has 0 saturated carbocycles. The number of carbonyl (C=O) groups is 1. The molecule has 1 aromatic carbocycles. The molecule has 0 aliphatic carbocycles. The van der Waals surface area contributed by atoms with Crippen LogP contribution in [0, 0.1) is 0 Å². The van der Waals surface area contributed by atoms with Crippen molar-refractivity contribution in [3.63, 3.8) is 0 Å². The van der Waals surface area contributed by atoms with Gasteiger partial charge in [-0.1, -0.05) is 45.4 Å². The van der Waals surface area contributed by atoms with Crippen LogP contribution < -0.4 is 10.5 Å². The summed E-state index contributed by atoms with van der Waals surface area (Å²) in [7, 11) is 1.49. The molecule has 118 valence electrons. The van der Waals surface area contributed by atoms with Crippen LogP contribution in [-0.4, -0.2) is 18.1 Å². The topological polar surface area (TPSA) is 72.6 Å². The zero-order chi connectivity index (χ0) is 15.7. The van der Waals surface area contributed by atoms with Gasteiger partial charge < -0.3 is 15.6 Å². The van der Waals surface area contributed by atoms with Crippen molar-refractivity contribution in [2.24, 2.45) is 5.73 Å². The molecule has 0 radical (unpaired) electrons. The van der Waals surface area contributed by atoms with Crippen LogP contribution in [-0.2, 0) is 6.42 Å². The van der Waals surface area contributed by atoms with Gasteiger partial charge in [0, 0.05) is 11.1 Å². The molecule has 1 aromatic rings. The van der Waals surface area contributed by atoms with E-state index in [1.807, 2.05) is 0 Å². The van der Waals surface area contributed by atoms with Crippen LogP contribution in [0.15, 0.2) is 12.1 Å². The Kier molecular flexibility index (Phi) is 7.65. The van der Waals surface area contributed by atoms with E-state index in [1.54, 1.807) is 6.07 Å². The maximum Gasteiger partial charge on any atom is 0.249 e. The fraction of sp³-hybridized carbons (Fsp3) is 0.588. The van der Waals surface area contributed by atoms with E-state index in [0.29, 0.717) is 17.7 Å². The molecule has 0 unspecified atom stereocenters. The summed E-state index contributed by atoms with van der Waals surface area (Å²) < 4.78 is 5.22. The van der Waals surface area contributed by atoms with Gasteiger partial charge in [-0.15, -0.1) is 0 Å². The van der Waals surface area contributed by atoms with Crippen molar-refractivity contribution in [2.75, 3.05) is 7.11 Å². The SMILES string of the molecule is CCCCCCCCCc1c(C(N)=O)ccc(O)c1OC. The second-order valence-corrected chi connectivity index (χ2v) is 5.38. The minimum absolute atomic E-state index is 0.0560. The molecule has 1 amide bonds. The number of amides is 1. The van der Waals surface area contributed by atoms with Gasteiger partial charge in [-0.25, -0.2) is 0 Å². The molecule has 1 rings (SSSR count). The zero-order valence-corrected chi connectivity index (χ0v) is 13.2. The molecule has 21 heavy (non-hydrogen) atoms. The number of hydrogen-bond acceptors (Lipinski definition) is 3. The highest BCUT2D eigenvalue weighted by atomic mass is 16.5. The van der Waals surface area contributed by atoms with Gasteiger partial charge in [0.1, 0.15) is 0 Å². The first-order chi connectivity index (χ1) is 10.1. The molecule has 4 heteroatoms.